The molecule has 4 heteroatoms. The van der Waals surface area contributed by atoms with Crippen LogP contribution in [0, 0.1) is 0 Å². The number of hydrogen-bond donors (Lipinski definition) is 1. The molecule has 0 aromatic heterocycles. The van der Waals surface area contributed by atoms with Gasteiger partial charge in [-0.3, -0.25) is 0 Å². The Hall–Kier alpha value is -2.65. The molecule has 0 saturated carbocycles. The minimum atomic E-state index is 0.0948. The van der Waals surface area contributed by atoms with Crippen molar-refractivity contribution in [3.63, 3.8) is 0 Å². The molecule has 0 amide bonds. The normalized spacial score (nSPS) is 11.0. The number of benzene rings is 3. The zero-order valence-corrected chi connectivity index (χ0v) is 12.4. The molecule has 0 unspecified atom stereocenters. The summed E-state index contributed by atoms with van der Waals surface area (Å²) in [6, 6.07) is 22.2. The number of aromatic hydroxyl groups is 1. The van der Waals surface area contributed by atoms with Gasteiger partial charge in [0.15, 0.2) is 0 Å². The molecule has 1 N–H and O–H groups in total. The van der Waals surface area contributed by atoms with Gasteiger partial charge in [0, 0.05) is 5.02 Å². The quantitative estimate of drug-likeness (QED) is 0.581. The second-order valence-electron chi connectivity index (χ2n) is 4.75. The minimum Gasteiger partial charge on any atom is -0.506 e. The van der Waals surface area contributed by atoms with Crippen LogP contribution in [0.15, 0.2) is 83.0 Å². The zero-order valence-electron chi connectivity index (χ0n) is 11.6. The Kier molecular flexibility index (Phi) is 4.17. The highest BCUT2D eigenvalue weighted by Gasteiger charge is 2.04. The van der Waals surface area contributed by atoms with Crippen LogP contribution in [0.3, 0.4) is 0 Å². The fourth-order valence-corrected chi connectivity index (χ4v) is 2.16. The number of nitrogens with zero attached hydrogens (tertiary/aromatic N) is 2. The fourth-order valence-electron chi connectivity index (χ4n) is 2.03. The molecule has 0 aliphatic carbocycles. The van der Waals surface area contributed by atoms with Crippen molar-refractivity contribution in [3.05, 3.63) is 77.8 Å². The van der Waals surface area contributed by atoms with E-state index < -0.39 is 0 Å². The maximum absolute atomic E-state index is 9.93. The summed E-state index contributed by atoms with van der Waals surface area (Å²) in [5.74, 6) is 0.0948. The topological polar surface area (TPSA) is 45.0 Å². The van der Waals surface area contributed by atoms with Crippen LogP contribution in [0.4, 0.5) is 11.4 Å². The summed E-state index contributed by atoms with van der Waals surface area (Å²) in [6.07, 6.45) is 0. The first-order valence-corrected chi connectivity index (χ1v) is 7.16. The summed E-state index contributed by atoms with van der Waals surface area (Å²) in [7, 11) is 0. The van der Waals surface area contributed by atoms with E-state index in [0.717, 1.165) is 11.1 Å². The van der Waals surface area contributed by atoms with Crippen molar-refractivity contribution < 1.29 is 5.11 Å². The lowest BCUT2D eigenvalue weighted by Gasteiger charge is -2.04. The second kappa shape index (κ2) is 6.41. The summed E-state index contributed by atoms with van der Waals surface area (Å²) < 4.78 is 0. The Bertz CT molecular complexity index is 799. The Morgan fingerprint density at radius 1 is 0.727 bits per heavy atom. The van der Waals surface area contributed by atoms with Crippen LogP contribution in [0.2, 0.25) is 5.02 Å². The molecule has 0 aliphatic rings. The van der Waals surface area contributed by atoms with Crippen LogP contribution >= 0.6 is 11.6 Å². The van der Waals surface area contributed by atoms with Crippen molar-refractivity contribution in [2.24, 2.45) is 10.2 Å². The third-order valence-electron chi connectivity index (χ3n) is 3.18. The van der Waals surface area contributed by atoms with Crippen molar-refractivity contribution >= 4 is 23.0 Å². The van der Waals surface area contributed by atoms with Crippen molar-refractivity contribution in [2.45, 2.75) is 0 Å². The highest BCUT2D eigenvalue weighted by molar-refractivity contribution is 6.30. The predicted octanol–water partition coefficient (Wildman–Crippen LogP) is 6.13. The van der Waals surface area contributed by atoms with Gasteiger partial charge < -0.3 is 5.11 Å². The van der Waals surface area contributed by atoms with Crippen LogP contribution in [0.1, 0.15) is 0 Å². The second-order valence-corrected chi connectivity index (χ2v) is 5.18. The summed E-state index contributed by atoms with van der Waals surface area (Å²) >= 11 is 5.83. The van der Waals surface area contributed by atoms with Gasteiger partial charge in [-0.1, -0.05) is 48.0 Å². The van der Waals surface area contributed by atoms with Gasteiger partial charge in [-0.2, -0.15) is 5.11 Å². The lowest BCUT2D eigenvalue weighted by molar-refractivity contribution is 0.476. The highest BCUT2D eigenvalue weighted by atomic mass is 35.5. The molecule has 0 radical (unpaired) electrons. The average Bonchev–Trinajstić information content (AvgIpc) is 2.56. The van der Waals surface area contributed by atoms with E-state index in [2.05, 4.69) is 10.2 Å². The van der Waals surface area contributed by atoms with Crippen molar-refractivity contribution in [1.82, 2.24) is 0 Å². The molecule has 3 nitrogen and oxygen atoms in total. The molecule has 3 aromatic carbocycles. The molecular weight excluding hydrogens is 296 g/mol. The molecule has 3 rings (SSSR count). The van der Waals surface area contributed by atoms with E-state index in [4.69, 9.17) is 11.6 Å². The van der Waals surface area contributed by atoms with Crippen LogP contribution in [-0.2, 0) is 0 Å². The maximum atomic E-state index is 9.93. The highest BCUT2D eigenvalue weighted by Crippen LogP contribution is 2.33. The third-order valence-corrected chi connectivity index (χ3v) is 3.43. The molecule has 3 aromatic rings. The molecule has 108 valence electrons. The monoisotopic (exact) mass is 308 g/mol. The van der Waals surface area contributed by atoms with E-state index in [1.807, 2.05) is 42.5 Å². The minimum absolute atomic E-state index is 0.0948. The first-order valence-electron chi connectivity index (χ1n) is 6.78. The van der Waals surface area contributed by atoms with Crippen LogP contribution in [0.25, 0.3) is 11.1 Å². The summed E-state index contributed by atoms with van der Waals surface area (Å²) in [5, 5.41) is 18.8. The van der Waals surface area contributed by atoms with Crippen LogP contribution in [0.5, 0.6) is 5.75 Å². The van der Waals surface area contributed by atoms with Crippen molar-refractivity contribution in [1.29, 1.82) is 0 Å². The maximum Gasteiger partial charge on any atom is 0.143 e. The molecule has 22 heavy (non-hydrogen) atoms. The van der Waals surface area contributed by atoms with Gasteiger partial charge in [0.05, 0.1) is 5.69 Å². The molecule has 0 aliphatic heterocycles. The lowest BCUT2D eigenvalue weighted by Crippen LogP contribution is -1.77. The van der Waals surface area contributed by atoms with Gasteiger partial charge in [-0.25, -0.2) is 0 Å². The van der Waals surface area contributed by atoms with Gasteiger partial charge in [-0.05, 0) is 47.5 Å². The molecule has 0 spiro atoms. The van der Waals surface area contributed by atoms with Gasteiger partial charge >= 0.3 is 0 Å². The van der Waals surface area contributed by atoms with Gasteiger partial charge in [-0.15, -0.1) is 5.11 Å². The Morgan fingerprint density at radius 3 is 2.18 bits per heavy atom. The van der Waals surface area contributed by atoms with Crippen LogP contribution in [-0.4, -0.2) is 5.11 Å². The van der Waals surface area contributed by atoms with E-state index >= 15 is 0 Å². The third kappa shape index (κ3) is 3.32. The first kappa shape index (κ1) is 14.3. The summed E-state index contributed by atoms with van der Waals surface area (Å²) in [6.45, 7) is 0. The number of rotatable bonds is 3. The average molecular weight is 309 g/mol. The number of phenols is 1. The van der Waals surface area contributed by atoms with Crippen molar-refractivity contribution in [2.75, 3.05) is 0 Å². The number of halogens is 1. The Balaban J connectivity index is 1.92. The molecular formula is C18H13ClN2O. The molecule has 0 fully saturated rings. The van der Waals surface area contributed by atoms with Gasteiger partial charge in [0.2, 0.25) is 0 Å². The van der Waals surface area contributed by atoms with E-state index in [0.29, 0.717) is 16.4 Å². The largest absolute Gasteiger partial charge is 0.506 e. The molecule has 0 bridgehead atoms. The first-order chi connectivity index (χ1) is 10.7. The Morgan fingerprint density at radius 2 is 1.45 bits per heavy atom. The van der Waals surface area contributed by atoms with E-state index in [1.165, 1.54) is 0 Å². The predicted molar refractivity (Wildman–Crippen MR) is 89.2 cm³/mol. The summed E-state index contributed by atoms with van der Waals surface area (Å²) in [4.78, 5) is 0. The van der Waals surface area contributed by atoms with Gasteiger partial charge in [0.1, 0.15) is 11.4 Å². The molecule has 0 atom stereocenters. The molecule has 0 heterocycles. The zero-order chi connectivity index (χ0) is 15.4. The van der Waals surface area contributed by atoms with E-state index in [9.17, 15) is 5.11 Å². The number of hydrogen-bond acceptors (Lipinski definition) is 3. The lowest BCUT2D eigenvalue weighted by atomic mass is 10.1. The van der Waals surface area contributed by atoms with E-state index in [1.54, 1.807) is 30.3 Å². The Labute approximate surface area is 133 Å². The number of azo groups is 1. The van der Waals surface area contributed by atoms with Crippen LogP contribution < -0.4 is 0 Å². The smallest absolute Gasteiger partial charge is 0.143 e. The fraction of sp³-hybridized carbons (Fsp3) is 0. The number of phenolic OH excluding ortho intramolecular Hbond substituents is 1. The SMILES string of the molecule is Oc1ccc(-c2ccccc2)cc1N=Nc1ccc(Cl)cc1. The summed E-state index contributed by atoms with van der Waals surface area (Å²) in [5.41, 5.74) is 3.14. The van der Waals surface area contributed by atoms with Gasteiger partial charge in [0.25, 0.3) is 0 Å². The van der Waals surface area contributed by atoms with Crippen molar-refractivity contribution in [3.8, 4) is 16.9 Å². The molecule has 0 saturated heterocycles. The van der Waals surface area contributed by atoms with E-state index in [-0.39, 0.29) is 5.75 Å². The standard InChI is InChI=1S/C18H13ClN2O/c19-15-7-9-16(10-8-15)20-21-17-12-14(6-11-18(17)22)13-4-2-1-3-5-13/h1-12,22H.